The molecule has 0 amide bonds. The quantitative estimate of drug-likeness (QED) is 0.734. The van der Waals surface area contributed by atoms with E-state index in [0.29, 0.717) is 9.90 Å². The van der Waals surface area contributed by atoms with Gasteiger partial charge in [0.25, 0.3) is 10.0 Å². The molecule has 8 heteroatoms. The molecule has 0 aliphatic heterocycles. The average Bonchev–Trinajstić information content (AvgIpc) is 2.94. The summed E-state index contributed by atoms with van der Waals surface area (Å²) in [5, 5.41) is 0. The molecule has 2 rings (SSSR count). The molecule has 0 radical (unpaired) electrons. The van der Waals surface area contributed by atoms with Crippen LogP contribution in [0.3, 0.4) is 0 Å². The van der Waals surface area contributed by atoms with Crippen molar-refractivity contribution >= 4 is 38.9 Å². The van der Waals surface area contributed by atoms with Gasteiger partial charge in [-0.15, -0.1) is 11.3 Å². The van der Waals surface area contributed by atoms with Crippen LogP contribution in [0.2, 0.25) is 4.34 Å². The standard InChI is InChI=1S/C16H18ClNO4S2/c1-11(2)22-15(19)10-13(12-6-4-3-5-7-12)18-24(20,21)16-9-8-14(17)23-16/h3-9,11,13,18H,10H2,1-2H3/t13-/m0/s1. The minimum Gasteiger partial charge on any atom is -0.463 e. The van der Waals surface area contributed by atoms with E-state index in [4.69, 9.17) is 16.3 Å². The maximum absolute atomic E-state index is 12.5. The molecule has 130 valence electrons. The fourth-order valence-corrected chi connectivity index (χ4v) is 4.80. The Kier molecular flexibility index (Phi) is 6.40. The van der Waals surface area contributed by atoms with Crippen molar-refractivity contribution in [2.45, 2.75) is 36.6 Å². The van der Waals surface area contributed by atoms with E-state index in [-0.39, 0.29) is 16.7 Å². The lowest BCUT2D eigenvalue weighted by Gasteiger charge is -2.19. The summed E-state index contributed by atoms with van der Waals surface area (Å²) >= 11 is 6.77. The predicted octanol–water partition coefficient (Wildman–Crippen LogP) is 3.76. The van der Waals surface area contributed by atoms with E-state index in [0.717, 1.165) is 11.3 Å². The van der Waals surface area contributed by atoms with E-state index in [1.165, 1.54) is 12.1 Å². The van der Waals surface area contributed by atoms with Crippen molar-refractivity contribution in [3.8, 4) is 0 Å². The third kappa shape index (κ3) is 5.31. The molecular weight excluding hydrogens is 370 g/mol. The van der Waals surface area contributed by atoms with Gasteiger partial charge in [-0.3, -0.25) is 4.79 Å². The number of benzene rings is 1. The van der Waals surface area contributed by atoms with E-state index in [9.17, 15) is 13.2 Å². The number of carbonyl (C=O) groups excluding carboxylic acids is 1. The van der Waals surface area contributed by atoms with Crippen molar-refractivity contribution < 1.29 is 17.9 Å². The first-order valence-electron chi connectivity index (χ1n) is 7.30. The number of carbonyl (C=O) groups is 1. The van der Waals surface area contributed by atoms with Crippen LogP contribution in [0.4, 0.5) is 0 Å². The van der Waals surface area contributed by atoms with E-state index >= 15 is 0 Å². The fourth-order valence-electron chi connectivity index (χ4n) is 2.08. The van der Waals surface area contributed by atoms with Gasteiger partial charge in [-0.25, -0.2) is 13.1 Å². The first-order valence-corrected chi connectivity index (χ1v) is 9.98. The number of thiophene rings is 1. The Morgan fingerprint density at radius 1 is 1.21 bits per heavy atom. The zero-order chi connectivity index (χ0) is 17.7. The highest BCUT2D eigenvalue weighted by Crippen LogP contribution is 2.28. The van der Waals surface area contributed by atoms with E-state index in [1.54, 1.807) is 38.1 Å². The maximum atomic E-state index is 12.5. The first-order chi connectivity index (χ1) is 11.3. The summed E-state index contributed by atoms with van der Waals surface area (Å²) in [5.74, 6) is -0.467. The normalized spacial score (nSPS) is 13.0. The molecule has 0 bridgehead atoms. The maximum Gasteiger partial charge on any atom is 0.308 e. The third-order valence-electron chi connectivity index (χ3n) is 3.05. The number of rotatable bonds is 7. The predicted molar refractivity (Wildman–Crippen MR) is 94.7 cm³/mol. The van der Waals surface area contributed by atoms with Crippen LogP contribution in [-0.2, 0) is 19.6 Å². The number of hydrogen-bond donors (Lipinski definition) is 1. The second-order valence-corrected chi connectivity index (χ2v) is 9.04. The topological polar surface area (TPSA) is 72.5 Å². The molecule has 0 aliphatic rings. The molecule has 5 nitrogen and oxygen atoms in total. The highest BCUT2D eigenvalue weighted by Gasteiger charge is 2.25. The Morgan fingerprint density at radius 2 is 1.88 bits per heavy atom. The Morgan fingerprint density at radius 3 is 2.42 bits per heavy atom. The van der Waals surface area contributed by atoms with Gasteiger partial charge < -0.3 is 4.74 Å². The number of nitrogens with one attached hydrogen (secondary N) is 1. The van der Waals surface area contributed by atoms with Crippen LogP contribution in [0.1, 0.15) is 31.9 Å². The lowest BCUT2D eigenvalue weighted by Crippen LogP contribution is -2.30. The second-order valence-electron chi connectivity index (χ2n) is 5.39. The monoisotopic (exact) mass is 387 g/mol. The number of hydrogen-bond acceptors (Lipinski definition) is 5. The summed E-state index contributed by atoms with van der Waals surface area (Å²) < 4.78 is 33.2. The van der Waals surface area contributed by atoms with Crippen molar-refractivity contribution in [1.82, 2.24) is 4.72 Å². The molecule has 0 saturated heterocycles. The van der Waals surface area contributed by atoms with Gasteiger partial charge in [-0.1, -0.05) is 41.9 Å². The van der Waals surface area contributed by atoms with Gasteiger partial charge in [-0.2, -0.15) is 0 Å². The smallest absolute Gasteiger partial charge is 0.308 e. The first kappa shape index (κ1) is 18.9. The van der Waals surface area contributed by atoms with Gasteiger partial charge >= 0.3 is 5.97 Å². The number of sulfonamides is 1. The SMILES string of the molecule is CC(C)OC(=O)C[C@H](NS(=O)(=O)c1ccc(Cl)s1)c1ccccc1. The Bertz CT molecular complexity index is 787. The van der Waals surface area contributed by atoms with Crippen LogP contribution in [0.25, 0.3) is 0 Å². The largest absolute Gasteiger partial charge is 0.463 e. The molecule has 1 aromatic carbocycles. The van der Waals surface area contributed by atoms with Crippen molar-refractivity contribution in [2.75, 3.05) is 0 Å². The minimum absolute atomic E-state index is 0.0967. The Hall–Kier alpha value is -1.41. The highest BCUT2D eigenvalue weighted by atomic mass is 35.5. The molecule has 0 aliphatic carbocycles. The van der Waals surface area contributed by atoms with E-state index in [2.05, 4.69) is 4.72 Å². The van der Waals surface area contributed by atoms with E-state index in [1.807, 2.05) is 6.07 Å². The molecule has 0 fully saturated rings. The summed E-state index contributed by atoms with van der Waals surface area (Å²) in [6, 6.07) is 11.1. The summed E-state index contributed by atoms with van der Waals surface area (Å²) in [5.41, 5.74) is 0.685. The van der Waals surface area contributed by atoms with Gasteiger partial charge in [0.05, 0.1) is 22.9 Å². The molecule has 1 N–H and O–H groups in total. The van der Waals surface area contributed by atoms with Gasteiger partial charge in [0.1, 0.15) is 4.21 Å². The zero-order valence-corrected chi connectivity index (χ0v) is 15.6. The van der Waals surface area contributed by atoms with Crippen LogP contribution in [0.15, 0.2) is 46.7 Å². The zero-order valence-electron chi connectivity index (χ0n) is 13.2. The number of ether oxygens (including phenoxy) is 1. The van der Waals surface area contributed by atoms with Gasteiger partial charge in [-0.05, 0) is 31.5 Å². The van der Waals surface area contributed by atoms with Crippen LogP contribution in [0, 0.1) is 0 Å². The van der Waals surface area contributed by atoms with Crippen molar-refractivity contribution in [3.05, 3.63) is 52.4 Å². The average molecular weight is 388 g/mol. The lowest BCUT2D eigenvalue weighted by molar-refractivity contribution is -0.147. The second kappa shape index (κ2) is 8.11. The van der Waals surface area contributed by atoms with Gasteiger partial charge in [0.2, 0.25) is 0 Å². The molecule has 0 saturated carbocycles. The summed E-state index contributed by atoms with van der Waals surface area (Å²) in [6.45, 7) is 3.49. The number of esters is 1. The molecule has 0 spiro atoms. The lowest BCUT2D eigenvalue weighted by atomic mass is 10.1. The van der Waals surface area contributed by atoms with Crippen LogP contribution < -0.4 is 4.72 Å². The fraction of sp³-hybridized carbons (Fsp3) is 0.312. The molecule has 24 heavy (non-hydrogen) atoms. The van der Waals surface area contributed by atoms with Crippen molar-refractivity contribution in [1.29, 1.82) is 0 Å². The summed E-state index contributed by atoms with van der Waals surface area (Å²) in [6.07, 6.45) is -0.359. The van der Waals surface area contributed by atoms with Crippen LogP contribution in [-0.4, -0.2) is 20.5 Å². The van der Waals surface area contributed by atoms with Gasteiger partial charge in [0, 0.05) is 0 Å². The molecular formula is C16H18ClNO4S2. The van der Waals surface area contributed by atoms with E-state index < -0.39 is 22.0 Å². The molecule has 2 aromatic rings. The number of halogens is 1. The molecule has 1 aromatic heterocycles. The Balaban J connectivity index is 2.24. The molecule has 1 heterocycles. The van der Waals surface area contributed by atoms with Gasteiger partial charge in [0.15, 0.2) is 0 Å². The molecule has 1 atom stereocenters. The molecule has 0 unspecified atom stereocenters. The summed E-state index contributed by atoms with van der Waals surface area (Å²) in [7, 11) is -3.78. The van der Waals surface area contributed by atoms with Crippen molar-refractivity contribution in [3.63, 3.8) is 0 Å². The Labute approximate surface area is 150 Å². The van der Waals surface area contributed by atoms with Crippen LogP contribution >= 0.6 is 22.9 Å². The third-order valence-corrected chi connectivity index (χ3v) is 6.25. The van der Waals surface area contributed by atoms with Crippen molar-refractivity contribution in [2.24, 2.45) is 0 Å². The minimum atomic E-state index is -3.78. The highest BCUT2D eigenvalue weighted by molar-refractivity contribution is 7.91. The van der Waals surface area contributed by atoms with Crippen LogP contribution in [0.5, 0.6) is 0 Å². The summed E-state index contributed by atoms with van der Waals surface area (Å²) in [4.78, 5) is 12.0.